The Labute approximate surface area is 158 Å². The lowest BCUT2D eigenvalue weighted by atomic mass is 10.0. The van der Waals surface area contributed by atoms with Crippen LogP contribution in [0, 0.1) is 5.92 Å². The van der Waals surface area contributed by atoms with Gasteiger partial charge in [0.1, 0.15) is 17.4 Å². The van der Waals surface area contributed by atoms with Gasteiger partial charge in [-0.25, -0.2) is 9.97 Å². The summed E-state index contributed by atoms with van der Waals surface area (Å²) in [7, 11) is 3.50. The number of carbonyl (C=O) groups is 1. The molecule has 0 radical (unpaired) electrons. The molecule has 3 aromatic rings. The van der Waals surface area contributed by atoms with E-state index in [1.54, 1.807) is 13.3 Å². The minimum absolute atomic E-state index is 0.0569. The Kier molecular flexibility index (Phi) is 4.62. The molecule has 1 aromatic carbocycles. The van der Waals surface area contributed by atoms with Crippen molar-refractivity contribution in [1.29, 1.82) is 0 Å². The van der Waals surface area contributed by atoms with Crippen molar-refractivity contribution in [2.75, 3.05) is 24.8 Å². The van der Waals surface area contributed by atoms with E-state index >= 15 is 0 Å². The number of methoxy groups -OCH3 is 1. The second kappa shape index (κ2) is 7.23. The molecule has 1 fully saturated rings. The maximum atomic E-state index is 12.1. The van der Waals surface area contributed by atoms with Crippen LogP contribution < -0.4 is 15.4 Å². The van der Waals surface area contributed by atoms with Gasteiger partial charge in [0.15, 0.2) is 0 Å². The first-order valence-corrected chi connectivity index (χ1v) is 9.07. The van der Waals surface area contributed by atoms with Gasteiger partial charge in [-0.05, 0) is 54.0 Å². The van der Waals surface area contributed by atoms with Crippen molar-refractivity contribution in [2.24, 2.45) is 5.92 Å². The van der Waals surface area contributed by atoms with Gasteiger partial charge in [0.25, 0.3) is 0 Å². The van der Waals surface area contributed by atoms with Crippen LogP contribution in [-0.4, -0.2) is 30.0 Å². The highest BCUT2D eigenvalue weighted by Crippen LogP contribution is 2.31. The van der Waals surface area contributed by atoms with Crippen molar-refractivity contribution in [1.82, 2.24) is 9.97 Å². The van der Waals surface area contributed by atoms with Gasteiger partial charge >= 0.3 is 0 Å². The topological polar surface area (TPSA) is 76.1 Å². The van der Waals surface area contributed by atoms with Crippen LogP contribution in [0.3, 0.4) is 0 Å². The van der Waals surface area contributed by atoms with E-state index in [4.69, 9.17) is 4.74 Å². The van der Waals surface area contributed by atoms with Crippen LogP contribution in [0.15, 0.2) is 42.7 Å². The number of fused-ring (bicyclic) bond motifs is 1. The molecule has 1 saturated carbocycles. The molecular formula is C21H22N4O2. The third kappa shape index (κ3) is 3.69. The second-order valence-corrected chi connectivity index (χ2v) is 6.79. The van der Waals surface area contributed by atoms with Gasteiger partial charge in [0.2, 0.25) is 5.91 Å². The number of carbonyl (C=O) groups excluding carboxylic acids is 1. The molecule has 2 N–H and O–H groups in total. The predicted molar refractivity (Wildman–Crippen MR) is 106 cm³/mol. The van der Waals surface area contributed by atoms with E-state index in [-0.39, 0.29) is 11.8 Å². The lowest BCUT2D eigenvalue weighted by Crippen LogP contribution is -2.14. The average Bonchev–Trinajstić information content (AvgIpc) is 3.54. The molecule has 2 heterocycles. The van der Waals surface area contributed by atoms with Crippen LogP contribution in [0.5, 0.6) is 5.75 Å². The van der Waals surface area contributed by atoms with Gasteiger partial charge in [-0.2, -0.15) is 0 Å². The fourth-order valence-corrected chi connectivity index (χ4v) is 3.14. The lowest BCUT2D eigenvalue weighted by Gasteiger charge is -2.12. The van der Waals surface area contributed by atoms with E-state index in [1.807, 2.05) is 43.6 Å². The maximum Gasteiger partial charge on any atom is 0.228 e. The minimum Gasteiger partial charge on any atom is -0.497 e. The third-order valence-corrected chi connectivity index (χ3v) is 4.84. The van der Waals surface area contributed by atoms with Gasteiger partial charge in [-0.3, -0.25) is 4.79 Å². The van der Waals surface area contributed by atoms with E-state index in [1.165, 1.54) is 0 Å². The van der Waals surface area contributed by atoms with Gasteiger partial charge in [0, 0.05) is 30.7 Å². The molecule has 0 spiro atoms. The third-order valence-electron chi connectivity index (χ3n) is 4.84. The number of amides is 1. The summed E-state index contributed by atoms with van der Waals surface area (Å²) in [5.74, 6) is 2.40. The van der Waals surface area contributed by atoms with Crippen LogP contribution in [0.4, 0.5) is 11.6 Å². The number of nitrogens with one attached hydrogen (secondary N) is 2. The standard InChI is InChI=1S/C21H22N4O2/c1-22-20-18-12-23-19(25-21(26)14-5-6-14)10-17(18)15(11-24-20)9-13-3-7-16(27-2)8-4-13/h3-4,7-8,10-12,14H,5-6,9H2,1-2H3,(H,22,24)(H,23,25,26). The molecule has 4 rings (SSSR count). The molecule has 6 nitrogen and oxygen atoms in total. The molecule has 6 heteroatoms. The summed E-state index contributed by atoms with van der Waals surface area (Å²) < 4.78 is 5.23. The molecule has 1 aliphatic carbocycles. The Balaban J connectivity index is 1.69. The zero-order valence-electron chi connectivity index (χ0n) is 15.5. The van der Waals surface area contributed by atoms with Crippen LogP contribution in [-0.2, 0) is 11.2 Å². The summed E-state index contributed by atoms with van der Waals surface area (Å²) >= 11 is 0. The van der Waals surface area contributed by atoms with Crippen molar-refractivity contribution >= 4 is 28.3 Å². The molecule has 1 amide bonds. The number of nitrogens with zero attached hydrogens (tertiary/aromatic N) is 2. The highest BCUT2D eigenvalue weighted by Gasteiger charge is 2.29. The number of rotatable bonds is 6. The van der Waals surface area contributed by atoms with Crippen LogP contribution in [0.2, 0.25) is 0 Å². The van der Waals surface area contributed by atoms with E-state index in [0.717, 1.165) is 52.7 Å². The van der Waals surface area contributed by atoms with Crippen molar-refractivity contribution in [3.8, 4) is 5.75 Å². The van der Waals surface area contributed by atoms with E-state index in [9.17, 15) is 4.79 Å². The Morgan fingerprint density at radius 2 is 1.93 bits per heavy atom. The number of ether oxygens (including phenoxy) is 1. The quantitative estimate of drug-likeness (QED) is 0.700. The summed E-state index contributed by atoms with van der Waals surface area (Å²) in [5.41, 5.74) is 2.25. The SMILES string of the molecule is CNc1ncc(Cc2ccc(OC)cc2)c2cc(NC(=O)C3CC3)ncc12. The summed E-state index contributed by atoms with van der Waals surface area (Å²) in [6, 6.07) is 9.95. The molecule has 2 aromatic heterocycles. The Morgan fingerprint density at radius 1 is 1.15 bits per heavy atom. The van der Waals surface area contributed by atoms with Crippen molar-refractivity contribution in [2.45, 2.75) is 19.3 Å². The highest BCUT2D eigenvalue weighted by atomic mass is 16.5. The summed E-state index contributed by atoms with van der Waals surface area (Å²) in [5, 5.41) is 8.01. The Hall–Kier alpha value is -3.15. The highest BCUT2D eigenvalue weighted by molar-refractivity contribution is 5.98. The predicted octanol–water partition coefficient (Wildman–Crippen LogP) is 3.62. The smallest absolute Gasteiger partial charge is 0.228 e. The zero-order valence-corrected chi connectivity index (χ0v) is 15.5. The first-order chi connectivity index (χ1) is 13.2. The largest absolute Gasteiger partial charge is 0.497 e. The summed E-state index contributed by atoms with van der Waals surface area (Å²) in [6.45, 7) is 0. The molecule has 0 atom stereocenters. The van der Waals surface area contributed by atoms with Crippen molar-refractivity contribution in [3.63, 3.8) is 0 Å². The first kappa shape index (κ1) is 17.3. The number of aromatic nitrogens is 2. The Bertz CT molecular complexity index is 981. The number of benzene rings is 1. The van der Waals surface area contributed by atoms with E-state index in [0.29, 0.717) is 5.82 Å². The normalized spacial score (nSPS) is 13.4. The van der Waals surface area contributed by atoms with Gasteiger partial charge in [0.05, 0.1) is 7.11 Å². The number of pyridine rings is 2. The summed E-state index contributed by atoms with van der Waals surface area (Å²) in [4.78, 5) is 21.0. The van der Waals surface area contributed by atoms with Gasteiger partial charge < -0.3 is 15.4 Å². The molecule has 138 valence electrons. The second-order valence-electron chi connectivity index (χ2n) is 6.79. The molecular weight excluding hydrogens is 340 g/mol. The van der Waals surface area contributed by atoms with Gasteiger partial charge in [-0.1, -0.05) is 12.1 Å². The minimum atomic E-state index is 0.0569. The zero-order chi connectivity index (χ0) is 18.8. The van der Waals surface area contributed by atoms with Crippen molar-refractivity contribution in [3.05, 3.63) is 53.9 Å². The molecule has 1 aliphatic rings. The van der Waals surface area contributed by atoms with Gasteiger partial charge in [-0.15, -0.1) is 0 Å². The van der Waals surface area contributed by atoms with Crippen molar-refractivity contribution < 1.29 is 9.53 Å². The van der Waals surface area contributed by atoms with Crippen LogP contribution in [0.1, 0.15) is 24.0 Å². The molecule has 0 saturated heterocycles. The molecule has 0 aliphatic heterocycles. The molecule has 0 bridgehead atoms. The van der Waals surface area contributed by atoms with E-state index in [2.05, 4.69) is 20.6 Å². The Morgan fingerprint density at radius 3 is 2.59 bits per heavy atom. The number of anilines is 2. The van der Waals surface area contributed by atoms with Crippen LogP contribution >= 0.6 is 0 Å². The summed E-state index contributed by atoms with van der Waals surface area (Å²) in [6.07, 6.45) is 6.32. The first-order valence-electron chi connectivity index (χ1n) is 9.07. The molecule has 0 unspecified atom stereocenters. The monoisotopic (exact) mass is 362 g/mol. The fourth-order valence-electron chi connectivity index (χ4n) is 3.14. The van der Waals surface area contributed by atoms with E-state index < -0.39 is 0 Å². The van der Waals surface area contributed by atoms with Crippen LogP contribution in [0.25, 0.3) is 10.8 Å². The fraction of sp³-hybridized carbons (Fsp3) is 0.286. The maximum absolute atomic E-state index is 12.1. The molecule has 27 heavy (non-hydrogen) atoms. The number of hydrogen-bond acceptors (Lipinski definition) is 5. The number of hydrogen-bond donors (Lipinski definition) is 2. The lowest BCUT2D eigenvalue weighted by molar-refractivity contribution is -0.117. The average molecular weight is 362 g/mol.